The van der Waals surface area contributed by atoms with Crippen LogP contribution in [0.4, 0.5) is 0 Å². The Hall–Kier alpha value is -5.46. The van der Waals surface area contributed by atoms with Gasteiger partial charge in [0.2, 0.25) is 0 Å². The van der Waals surface area contributed by atoms with Crippen LogP contribution in [0.15, 0.2) is 73.3 Å². The summed E-state index contributed by atoms with van der Waals surface area (Å²) in [5, 5.41) is 0. The molecule has 0 radical (unpaired) electrons. The summed E-state index contributed by atoms with van der Waals surface area (Å²) in [5.74, 6) is 14.6. The van der Waals surface area contributed by atoms with E-state index in [1.807, 2.05) is 72.8 Å². The van der Waals surface area contributed by atoms with E-state index in [9.17, 15) is 0 Å². The lowest BCUT2D eigenvalue weighted by molar-refractivity contribution is 0.401. The highest BCUT2D eigenvalue weighted by Gasteiger charge is 2.09. The lowest BCUT2D eigenvalue weighted by atomic mass is 10.1. The number of hydrogen-bond acceptors (Lipinski definition) is 6. The monoisotopic (exact) mass is 528 g/mol. The maximum absolute atomic E-state index is 5.60. The van der Waals surface area contributed by atoms with Gasteiger partial charge in [-0.1, -0.05) is 24.3 Å². The van der Waals surface area contributed by atoms with Crippen LogP contribution in [0.5, 0.6) is 23.0 Å². The van der Waals surface area contributed by atoms with Gasteiger partial charge in [0, 0.05) is 48.0 Å². The molecule has 40 heavy (non-hydrogen) atoms. The van der Waals surface area contributed by atoms with Gasteiger partial charge in [-0.15, -0.1) is 0 Å². The number of aromatic nitrogens is 2. The van der Waals surface area contributed by atoms with Gasteiger partial charge in [-0.2, -0.15) is 0 Å². The highest BCUT2D eigenvalue weighted by atomic mass is 16.5. The van der Waals surface area contributed by atoms with Crippen LogP contribution in [0.3, 0.4) is 0 Å². The molecule has 0 N–H and O–H groups in total. The smallest absolute Gasteiger partial charge is 0.135 e. The third kappa shape index (κ3) is 7.10. The molecule has 0 amide bonds. The highest BCUT2D eigenvalue weighted by Crippen LogP contribution is 2.31. The summed E-state index contributed by atoms with van der Waals surface area (Å²) < 4.78 is 22.4. The molecular formula is C34H28N2O4. The average Bonchev–Trinajstić information content (AvgIpc) is 3.01. The molecule has 0 aliphatic carbocycles. The van der Waals surface area contributed by atoms with Crippen molar-refractivity contribution in [3.05, 3.63) is 107 Å². The molecular weight excluding hydrogens is 500 g/mol. The number of methoxy groups -OCH3 is 4. The third-order valence-electron chi connectivity index (χ3n) is 5.88. The Morgan fingerprint density at radius 2 is 0.875 bits per heavy atom. The predicted octanol–water partition coefficient (Wildman–Crippen LogP) is 6.26. The van der Waals surface area contributed by atoms with Gasteiger partial charge in [-0.05, 0) is 71.2 Å². The van der Waals surface area contributed by atoms with Crippen LogP contribution >= 0.6 is 0 Å². The first-order valence-corrected chi connectivity index (χ1v) is 12.4. The van der Waals surface area contributed by atoms with E-state index in [4.69, 9.17) is 18.9 Å². The van der Waals surface area contributed by atoms with E-state index < -0.39 is 0 Å². The van der Waals surface area contributed by atoms with E-state index in [1.54, 1.807) is 53.2 Å². The van der Waals surface area contributed by atoms with Gasteiger partial charge in [-0.3, -0.25) is 9.97 Å². The van der Waals surface area contributed by atoms with E-state index in [0.29, 0.717) is 34.1 Å². The van der Waals surface area contributed by atoms with E-state index in [2.05, 4.69) is 33.6 Å². The van der Waals surface area contributed by atoms with Gasteiger partial charge >= 0.3 is 0 Å². The summed E-state index contributed by atoms with van der Waals surface area (Å²) in [6, 6.07) is 15.2. The number of benzene rings is 2. The number of ether oxygens (including phenoxy) is 4. The molecule has 6 heteroatoms. The van der Waals surface area contributed by atoms with E-state index in [-0.39, 0.29) is 0 Å². The topological polar surface area (TPSA) is 62.7 Å². The summed E-state index contributed by atoms with van der Waals surface area (Å²) in [6.45, 7) is 0. The van der Waals surface area contributed by atoms with E-state index in [1.165, 1.54) is 0 Å². The minimum absolute atomic E-state index is 0.620. The molecule has 0 aliphatic heterocycles. The molecule has 0 atom stereocenters. The van der Waals surface area contributed by atoms with Gasteiger partial charge in [0.05, 0.1) is 39.6 Å². The molecule has 6 nitrogen and oxygen atoms in total. The first kappa shape index (κ1) is 27.6. The zero-order valence-electron chi connectivity index (χ0n) is 22.8. The Kier molecular flexibility index (Phi) is 9.58. The fourth-order valence-electron chi connectivity index (χ4n) is 3.82. The van der Waals surface area contributed by atoms with Crippen molar-refractivity contribution in [2.75, 3.05) is 28.4 Å². The molecule has 0 saturated heterocycles. The van der Waals surface area contributed by atoms with Crippen LogP contribution in [-0.2, 0) is 0 Å². The maximum atomic E-state index is 5.60. The van der Waals surface area contributed by atoms with Crippen molar-refractivity contribution in [2.45, 2.75) is 0 Å². The highest BCUT2D eigenvalue weighted by molar-refractivity contribution is 5.76. The standard InChI is InChI=1S/C34H28N2O4/c1-37-31-23-29(11-9-25-13-17-35-18-14-25)33(39-3)21-27(31)7-5-6-8-28-22-34(40-4)30(24-32(28)38-2)12-10-26-15-19-36-20-16-26/h9-24H,1-4H3. The Morgan fingerprint density at radius 1 is 0.500 bits per heavy atom. The number of hydrogen-bond donors (Lipinski definition) is 0. The van der Waals surface area contributed by atoms with Gasteiger partial charge in [0.15, 0.2) is 0 Å². The number of pyridine rings is 2. The molecule has 0 fully saturated rings. The average molecular weight is 529 g/mol. The van der Waals surface area contributed by atoms with Crippen LogP contribution in [0.1, 0.15) is 33.4 Å². The quantitative estimate of drug-likeness (QED) is 0.252. The summed E-state index contributed by atoms with van der Waals surface area (Å²) in [4.78, 5) is 8.09. The van der Waals surface area contributed by atoms with Crippen molar-refractivity contribution in [1.82, 2.24) is 9.97 Å². The van der Waals surface area contributed by atoms with Crippen molar-refractivity contribution in [1.29, 1.82) is 0 Å². The largest absolute Gasteiger partial charge is 0.496 e. The minimum atomic E-state index is 0.620. The predicted molar refractivity (Wildman–Crippen MR) is 159 cm³/mol. The van der Waals surface area contributed by atoms with Crippen LogP contribution in [0, 0.1) is 23.7 Å². The van der Waals surface area contributed by atoms with Gasteiger partial charge in [0.25, 0.3) is 0 Å². The summed E-state index contributed by atoms with van der Waals surface area (Å²) >= 11 is 0. The molecule has 198 valence electrons. The zero-order valence-corrected chi connectivity index (χ0v) is 22.8. The third-order valence-corrected chi connectivity index (χ3v) is 5.88. The number of rotatable bonds is 8. The first-order valence-electron chi connectivity index (χ1n) is 12.4. The SMILES string of the molecule is COc1cc(C=Cc2ccncc2)c(OC)cc1C#CC#Cc1cc(OC)c(C=Cc2ccncc2)cc1OC. The summed E-state index contributed by atoms with van der Waals surface area (Å²) in [6.07, 6.45) is 14.9. The Bertz CT molecular complexity index is 1510. The summed E-state index contributed by atoms with van der Waals surface area (Å²) in [7, 11) is 6.46. The Balaban J connectivity index is 1.60. The van der Waals surface area contributed by atoms with Gasteiger partial charge in [0.1, 0.15) is 23.0 Å². The second kappa shape index (κ2) is 13.9. The van der Waals surface area contributed by atoms with Crippen LogP contribution in [-0.4, -0.2) is 38.4 Å². The lowest BCUT2D eigenvalue weighted by Crippen LogP contribution is -1.94. The minimum Gasteiger partial charge on any atom is -0.496 e. The normalized spacial score (nSPS) is 10.4. The van der Waals surface area contributed by atoms with Crippen molar-refractivity contribution in [3.8, 4) is 46.7 Å². The summed E-state index contributed by atoms with van der Waals surface area (Å²) in [5.41, 5.74) is 5.11. The molecule has 2 heterocycles. The molecule has 2 aromatic carbocycles. The van der Waals surface area contributed by atoms with E-state index >= 15 is 0 Å². The second-order valence-corrected chi connectivity index (χ2v) is 8.32. The molecule has 0 bridgehead atoms. The molecule has 0 aliphatic rings. The Labute approximate surface area is 234 Å². The fourth-order valence-corrected chi connectivity index (χ4v) is 3.82. The molecule has 0 saturated carbocycles. The molecule has 2 aromatic heterocycles. The lowest BCUT2D eigenvalue weighted by Gasteiger charge is -2.10. The van der Waals surface area contributed by atoms with Crippen LogP contribution < -0.4 is 18.9 Å². The van der Waals surface area contributed by atoms with Crippen molar-refractivity contribution < 1.29 is 18.9 Å². The molecule has 0 unspecified atom stereocenters. The molecule has 4 aromatic rings. The molecule has 0 spiro atoms. The first-order chi connectivity index (χ1) is 19.6. The number of nitrogens with zero attached hydrogens (tertiary/aromatic N) is 2. The van der Waals surface area contributed by atoms with Crippen LogP contribution in [0.2, 0.25) is 0 Å². The maximum Gasteiger partial charge on any atom is 0.135 e. The Morgan fingerprint density at radius 3 is 1.23 bits per heavy atom. The zero-order chi connectivity index (χ0) is 28.2. The van der Waals surface area contributed by atoms with E-state index in [0.717, 1.165) is 22.3 Å². The van der Waals surface area contributed by atoms with Crippen molar-refractivity contribution in [3.63, 3.8) is 0 Å². The fraction of sp³-hybridized carbons (Fsp3) is 0.118. The van der Waals surface area contributed by atoms with Gasteiger partial charge < -0.3 is 18.9 Å². The van der Waals surface area contributed by atoms with Crippen molar-refractivity contribution in [2.24, 2.45) is 0 Å². The molecule has 4 rings (SSSR count). The van der Waals surface area contributed by atoms with Crippen molar-refractivity contribution >= 4 is 24.3 Å². The second-order valence-electron chi connectivity index (χ2n) is 8.32. The van der Waals surface area contributed by atoms with Gasteiger partial charge in [-0.25, -0.2) is 0 Å². The van der Waals surface area contributed by atoms with Crippen LogP contribution in [0.25, 0.3) is 24.3 Å².